The van der Waals surface area contributed by atoms with Crippen molar-refractivity contribution in [3.63, 3.8) is 0 Å². The van der Waals surface area contributed by atoms with Crippen LogP contribution in [-0.2, 0) is 9.53 Å². The van der Waals surface area contributed by atoms with E-state index in [1.54, 1.807) is 0 Å². The molecule has 1 aliphatic heterocycles. The van der Waals surface area contributed by atoms with Gasteiger partial charge in [0.1, 0.15) is 0 Å². The lowest BCUT2D eigenvalue weighted by molar-refractivity contribution is -0.120. The van der Waals surface area contributed by atoms with Crippen LogP contribution in [0.4, 0.5) is 5.69 Å². The lowest BCUT2D eigenvalue weighted by atomic mass is 10.2. The fourth-order valence-corrected chi connectivity index (χ4v) is 3.16. The number of nitrogens with zero attached hydrogens (tertiary/aromatic N) is 1. The third kappa shape index (κ3) is 4.53. The molecule has 2 rings (SSSR count). The molecule has 1 unspecified atom stereocenters. The molecule has 0 aliphatic carbocycles. The fourth-order valence-electron chi connectivity index (χ4n) is 2.02. The van der Waals surface area contributed by atoms with Crippen LogP contribution in [0.15, 0.2) is 27.1 Å². The van der Waals surface area contributed by atoms with Crippen LogP contribution in [0.25, 0.3) is 0 Å². The summed E-state index contributed by atoms with van der Waals surface area (Å²) in [6.07, 6.45) is -0.198. The molecule has 0 saturated carbocycles. The standard InChI is InChI=1S/C13H16Br2N2O3/c14-9-1-2-12(11(15)5-9)16-13(19)7-17-3-4-20-10(6-17)8-18/h1-2,5,10,18H,3-4,6-8H2,(H,16,19). The van der Waals surface area contributed by atoms with E-state index in [1.807, 2.05) is 23.1 Å². The first kappa shape index (κ1) is 15.9. The number of amides is 1. The zero-order valence-electron chi connectivity index (χ0n) is 10.8. The summed E-state index contributed by atoms with van der Waals surface area (Å²) >= 11 is 6.78. The maximum absolute atomic E-state index is 12.0. The predicted molar refractivity (Wildman–Crippen MR) is 83.7 cm³/mol. The van der Waals surface area contributed by atoms with E-state index in [2.05, 4.69) is 37.2 Å². The molecule has 1 aromatic rings. The van der Waals surface area contributed by atoms with E-state index in [0.717, 1.165) is 14.6 Å². The van der Waals surface area contributed by atoms with Gasteiger partial charge in [0.2, 0.25) is 5.91 Å². The Morgan fingerprint density at radius 3 is 3.00 bits per heavy atom. The number of aliphatic hydroxyl groups is 1. The molecule has 1 fully saturated rings. The lowest BCUT2D eigenvalue weighted by Crippen LogP contribution is -2.46. The molecule has 1 aromatic carbocycles. The van der Waals surface area contributed by atoms with Gasteiger partial charge in [-0.3, -0.25) is 9.69 Å². The van der Waals surface area contributed by atoms with Gasteiger partial charge in [-0.25, -0.2) is 0 Å². The largest absolute Gasteiger partial charge is 0.394 e. The SMILES string of the molecule is O=C(CN1CCOC(CO)C1)Nc1ccc(Br)cc1Br. The van der Waals surface area contributed by atoms with Crippen molar-refractivity contribution >= 4 is 43.5 Å². The predicted octanol–water partition coefficient (Wildman–Crippen LogP) is 1.84. The number of nitrogens with one attached hydrogen (secondary N) is 1. The second-order valence-corrected chi connectivity index (χ2v) is 6.35. The third-order valence-corrected chi connectivity index (χ3v) is 4.15. The zero-order valence-corrected chi connectivity index (χ0v) is 14.0. The van der Waals surface area contributed by atoms with Crippen molar-refractivity contribution in [2.24, 2.45) is 0 Å². The number of benzene rings is 1. The van der Waals surface area contributed by atoms with Gasteiger partial charge in [-0.15, -0.1) is 0 Å². The average Bonchev–Trinajstić information content (AvgIpc) is 2.42. The second-order valence-electron chi connectivity index (χ2n) is 4.58. The maximum atomic E-state index is 12.0. The number of rotatable bonds is 4. The van der Waals surface area contributed by atoms with Crippen molar-refractivity contribution in [3.8, 4) is 0 Å². The molecule has 110 valence electrons. The highest BCUT2D eigenvalue weighted by atomic mass is 79.9. The van der Waals surface area contributed by atoms with Crippen LogP contribution >= 0.6 is 31.9 Å². The Morgan fingerprint density at radius 2 is 2.30 bits per heavy atom. The second kappa shape index (κ2) is 7.51. The topological polar surface area (TPSA) is 61.8 Å². The molecule has 7 heteroatoms. The first-order chi connectivity index (χ1) is 9.58. The number of aliphatic hydroxyl groups excluding tert-OH is 1. The highest BCUT2D eigenvalue weighted by Gasteiger charge is 2.21. The first-order valence-corrected chi connectivity index (χ1v) is 7.87. The molecule has 1 heterocycles. The molecular formula is C13H16Br2N2O3. The van der Waals surface area contributed by atoms with Gasteiger partial charge >= 0.3 is 0 Å². The van der Waals surface area contributed by atoms with Gasteiger partial charge in [0.15, 0.2) is 0 Å². The van der Waals surface area contributed by atoms with Crippen LogP contribution in [-0.4, -0.2) is 54.9 Å². The van der Waals surface area contributed by atoms with Crippen molar-refractivity contribution < 1.29 is 14.6 Å². The molecule has 20 heavy (non-hydrogen) atoms. The summed E-state index contributed by atoms with van der Waals surface area (Å²) in [5.41, 5.74) is 0.741. The van der Waals surface area contributed by atoms with E-state index in [-0.39, 0.29) is 18.6 Å². The van der Waals surface area contributed by atoms with E-state index in [1.165, 1.54) is 0 Å². The van der Waals surface area contributed by atoms with Gasteiger partial charge in [-0.1, -0.05) is 15.9 Å². The van der Waals surface area contributed by atoms with Crippen LogP contribution in [0, 0.1) is 0 Å². The quantitative estimate of drug-likeness (QED) is 0.799. The van der Waals surface area contributed by atoms with Crippen molar-refractivity contribution in [2.75, 3.05) is 38.2 Å². The molecule has 0 bridgehead atoms. The van der Waals surface area contributed by atoms with E-state index in [4.69, 9.17) is 9.84 Å². The molecular weight excluding hydrogens is 392 g/mol. The summed E-state index contributed by atoms with van der Waals surface area (Å²) in [5, 5.41) is 11.9. The molecule has 0 aromatic heterocycles. The zero-order chi connectivity index (χ0) is 14.5. The third-order valence-electron chi connectivity index (χ3n) is 3.00. The Balaban J connectivity index is 1.88. The van der Waals surface area contributed by atoms with Gasteiger partial charge in [0.05, 0.1) is 31.5 Å². The van der Waals surface area contributed by atoms with E-state index in [0.29, 0.717) is 26.2 Å². The number of carbonyl (C=O) groups is 1. The van der Waals surface area contributed by atoms with Gasteiger partial charge in [0.25, 0.3) is 0 Å². The Kier molecular flexibility index (Phi) is 5.98. The number of morpholine rings is 1. The molecule has 1 atom stereocenters. The van der Waals surface area contributed by atoms with Crippen LogP contribution in [0.1, 0.15) is 0 Å². The average molecular weight is 408 g/mol. The molecule has 1 amide bonds. The van der Waals surface area contributed by atoms with Crippen molar-refractivity contribution in [1.29, 1.82) is 0 Å². The molecule has 2 N–H and O–H groups in total. The molecule has 0 spiro atoms. The normalized spacial score (nSPS) is 19.9. The van der Waals surface area contributed by atoms with E-state index in [9.17, 15) is 4.79 Å². The minimum atomic E-state index is -0.198. The van der Waals surface area contributed by atoms with Gasteiger partial charge in [-0.2, -0.15) is 0 Å². The smallest absolute Gasteiger partial charge is 0.238 e. The van der Waals surface area contributed by atoms with Crippen LogP contribution < -0.4 is 5.32 Å². The monoisotopic (exact) mass is 406 g/mol. The number of anilines is 1. The van der Waals surface area contributed by atoms with Crippen LogP contribution in [0.2, 0.25) is 0 Å². The Morgan fingerprint density at radius 1 is 1.50 bits per heavy atom. The number of hydrogen-bond donors (Lipinski definition) is 2. The highest BCUT2D eigenvalue weighted by Crippen LogP contribution is 2.26. The van der Waals surface area contributed by atoms with Crippen LogP contribution in [0.5, 0.6) is 0 Å². The molecule has 1 aliphatic rings. The number of ether oxygens (including phenoxy) is 1. The molecule has 5 nitrogen and oxygen atoms in total. The van der Waals surface area contributed by atoms with Gasteiger partial charge in [0, 0.05) is 22.0 Å². The van der Waals surface area contributed by atoms with Gasteiger partial charge in [-0.05, 0) is 34.1 Å². The minimum absolute atomic E-state index is 0.0175. The fraction of sp³-hybridized carbons (Fsp3) is 0.462. The van der Waals surface area contributed by atoms with Crippen molar-refractivity contribution in [3.05, 3.63) is 27.1 Å². The highest BCUT2D eigenvalue weighted by molar-refractivity contribution is 9.11. The minimum Gasteiger partial charge on any atom is -0.394 e. The Bertz CT molecular complexity index is 485. The lowest BCUT2D eigenvalue weighted by Gasteiger charge is -2.31. The first-order valence-electron chi connectivity index (χ1n) is 6.28. The summed E-state index contributed by atoms with van der Waals surface area (Å²) in [4.78, 5) is 14.0. The summed E-state index contributed by atoms with van der Waals surface area (Å²) < 4.78 is 7.13. The van der Waals surface area contributed by atoms with Gasteiger partial charge < -0.3 is 15.2 Å². The Labute approximate surface area is 134 Å². The summed E-state index contributed by atoms with van der Waals surface area (Å²) in [5.74, 6) is -0.0772. The number of hydrogen-bond acceptors (Lipinski definition) is 4. The summed E-state index contributed by atoms with van der Waals surface area (Å²) in [7, 11) is 0. The number of halogens is 2. The molecule has 0 radical (unpaired) electrons. The maximum Gasteiger partial charge on any atom is 0.238 e. The van der Waals surface area contributed by atoms with Crippen molar-refractivity contribution in [2.45, 2.75) is 6.10 Å². The van der Waals surface area contributed by atoms with E-state index < -0.39 is 0 Å². The van der Waals surface area contributed by atoms with Crippen LogP contribution in [0.3, 0.4) is 0 Å². The summed E-state index contributed by atoms with van der Waals surface area (Å²) in [6.45, 7) is 2.09. The Hall–Kier alpha value is -0.470. The summed E-state index contributed by atoms with van der Waals surface area (Å²) in [6, 6.07) is 5.59. The van der Waals surface area contributed by atoms with Crippen molar-refractivity contribution in [1.82, 2.24) is 4.90 Å². The number of carbonyl (C=O) groups excluding carboxylic acids is 1. The molecule has 1 saturated heterocycles. The van der Waals surface area contributed by atoms with E-state index >= 15 is 0 Å².